The summed E-state index contributed by atoms with van der Waals surface area (Å²) in [5.74, 6) is -0.285. The SMILES string of the molecule is O=C1CN(C(=O)Nc2cccc(C(F)(F)F)c2)CCCN1. The molecular weight excluding hydrogens is 287 g/mol. The number of alkyl halides is 3. The van der Waals surface area contributed by atoms with Crippen LogP contribution in [0.15, 0.2) is 24.3 Å². The highest BCUT2D eigenvalue weighted by Gasteiger charge is 2.30. The summed E-state index contributed by atoms with van der Waals surface area (Å²) in [7, 11) is 0. The second kappa shape index (κ2) is 6.02. The molecule has 0 spiro atoms. The number of nitrogens with one attached hydrogen (secondary N) is 2. The molecule has 3 amide bonds. The summed E-state index contributed by atoms with van der Waals surface area (Å²) < 4.78 is 37.8. The number of halogens is 3. The van der Waals surface area contributed by atoms with Gasteiger partial charge in [-0.25, -0.2) is 4.79 Å². The zero-order valence-electron chi connectivity index (χ0n) is 11.0. The Hall–Kier alpha value is -2.25. The third-order valence-electron chi connectivity index (χ3n) is 2.99. The first-order valence-electron chi connectivity index (χ1n) is 6.36. The molecule has 8 heteroatoms. The van der Waals surface area contributed by atoms with Crippen LogP contribution in [-0.2, 0) is 11.0 Å². The maximum Gasteiger partial charge on any atom is 0.416 e. The first kappa shape index (κ1) is 15.1. The molecule has 1 aliphatic rings. The van der Waals surface area contributed by atoms with Gasteiger partial charge in [0, 0.05) is 18.8 Å². The Morgan fingerprint density at radius 1 is 1.33 bits per heavy atom. The van der Waals surface area contributed by atoms with Crippen LogP contribution in [0.25, 0.3) is 0 Å². The Labute approximate surface area is 119 Å². The molecule has 2 rings (SSSR count). The summed E-state index contributed by atoms with van der Waals surface area (Å²) in [6, 6.07) is 3.77. The van der Waals surface area contributed by atoms with Crippen LogP contribution >= 0.6 is 0 Å². The van der Waals surface area contributed by atoms with Crippen molar-refractivity contribution in [3.05, 3.63) is 29.8 Å². The summed E-state index contributed by atoms with van der Waals surface area (Å²) >= 11 is 0. The van der Waals surface area contributed by atoms with Gasteiger partial charge in [-0.15, -0.1) is 0 Å². The Bertz CT molecular complexity index is 546. The van der Waals surface area contributed by atoms with Crippen LogP contribution in [0, 0.1) is 0 Å². The first-order chi connectivity index (χ1) is 9.86. The van der Waals surface area contributed by atoms with Gasteiger partial charge in [0.25, 0.3) is 0 Å². The van der Waals surface area contributed by atoms with Crippen LogP contribution in [0.5, 0.6) is 0 Å². The lowest BCUT2D eigenvalue weighted by Crippen LogP contribution is -2.39. The van der Waals surface area contributed by atoms with Crippen LogP contribution < -0.4 is 10.6 Å². The Kier molecular flexibility index (Phi) is 4.35. The second-order valence-electron chi connectivity index (χ2n) is 4.63. The molecule has 0 radical (unpaired) electrons. The van der Waals surface area contributed by atoms with Crippen molar-refractivity contribution in [1.82, 2.24) is 10.2 Å². The minimum Gasteiger partial charge on any atom is -0.354 e. The molecule has 1 aromatic rings. The zero-order chi connectivity index (χ0) is 15.5. The van der Waals surface area contributed by atoms with Gasteiger partial charge in [-0.05, 0) is 24.6 Å². The highest BCUT2D eigenvalue weighted by atomic mass is 19.4. The number of hydrogen-bond donors (Lipinski definition) is 2. The number of nitrogens with zero attached hydrogens (tertiary/aromatic N) is 1. The predicted molar refractivity (Wildman–Crippen MR) is 69.7 cm³/mol. The fraction of sp³-hybridized carbons (Fsp3) is 0.385. The van der Waals surface area contributed by atoms with Crippen molar-refractivity contribution in [1.29, 1.82) is 0 Å². The molecule has 1 fully saturated rings. The van der Waals surface area contributed by atoms with Crippen LogP contribution in [0.3, 0.4) is 0 Å². The molecule has 114 valence electrons. The molecule has 1 heterocycles. The van der Waals surface area contributed by atoms with Crippen molar-refractivity contribution in [2.45, 2.75) is 12.6 Å². The maximum atomic E-state index is 12.6. The summed E-state index contributed by atoms with van der Waals surface area (Å²) in [4.78, 5) is 24.6. The van der Waals surface area contributed by atoms with Gasteiger partial charge in [0.05, 0.1) is 5.56 Å². The summed E-state index contributed by atoms with van der Waals surface area (Å²) in [6.07, 6.45) is -3.87. The van der Waals surface area contributed by atoms with Gasteiger partial charge >= 0.3 is 12.2 Å². The van der Waals surface area contributed by atoms with Crippen LogP contribution in [0.1, 0.15) is 12.0 Å². The van der Waals surface area contributed by atoms with Crippen molar-refractivity contribution in [2.75, 3.05) is 25.0 Å². The average molecular weight is 301 g/mol. The van der Waals surface area contributed by atoms with Crippen molar-refractivity contribution in [3.8, 4) is 0 Å². The number of amides is 3. The lowest BCUT2D eigenvalue weighted by atomic mass is 10.2. The van der Waals surface area contributed by atoms with Crippen molar-refractivity contribution in [3.63, 3.8) is 0 Å². The topological polar surface area (TPSA) is 61.4 Å². The third kappa shape index (κ3) is 4.11. The van der Waals surface area contributed by atoms with Gasteiger partial charge in [-0.2, -0.15) is 13.2 Å². The normalized spacial score (nSPS) is 16.1. The highest BCUT2D eigenvalue weighted by molar-refractivity contribution is 5.92. The minimum atomic E-state index is -4.47. The lowest BCUT2D eigenvalue weighted by molar-refractivity contribution is -0.137. The van der Waals surface area contributed by atoms with E-state index in [0.29, 0.717) is 19.5 Å². The molecule has 0 aliphatic carbocycles. The van der Waals surface area contributed by atoms with Gasteiger partial charge in [0.1, 0.15) is 6.54 Å². The second-order valence-corrected chi connectivity index (χ2v) is 4.63. The van der Waals surface area contributed by atoms with E-state index in [9.17, 15) is 22.8 Å². The predicted octanol–water partition coefficient (Wildman–Crippen LogP) is 2.06. The van der Waals surface area contributed by atoms with E-state index in [-0.39, 0.29) is 18.1 Å². The van der Waals surface area contributed by atoms with Crippen molar-refractivity contribution in [2.24, 2.45) is 0 Å². The van der Waals surface area contributed by atoms with E-state index >= 15 is 0 Å². The number of urea groups is 1. The highest BCUT2D eigenvalue weighted by Crippen LogP contribution is 2.30. The quantitative estimate of drug-likeness (QED) is 0.834. The van der Waals surface area contributed by atoms with E-state index in [1.165, 1.54) is 17.0 Å². The molecule has 5 nitrogen and oxygen atoms in total. The van der Waals surface area contributed by atoms with E-state index in [4.69, 9.17) is 0 Å². The third-order valence-corrected chi connectivity index (χ3v) is 2.99. The fourth-order valence-corrected chi connectivity index (χ4v) is 1.96. The molecule has 0 unspecified atom stereocenters. The Balaban J connectivity index is 2.07. The summed E-state index contributed by atoms with van der Waals surface area (Å²) in [5.41, 5.74) is -0.798. The number of hydrogen-bond acceptors (Lipinski definition) is 2. The van der Waals surface area contributed by atoms with E-state index in [0.717, 1.165) is 12.1 Å². The Morgan fingerprint density at radius 3 is 2.81 bits per heavy atom. The van der Waals surface area contributed by atoms with Crippen LogP contribution in [0.4, 0.5) is 23.7 Å². The summed E-state index contributed by atoms with van der Waals surface area (Å²) in [6.45, 7) is 0.737. The van der Waals surface area contributed by atoms with Gasteiger partial charge in [0.2, 0.25) is 5.91 Å². The monoisotopic (exact) mass is 301 g/mol. The lowest BCUT2D eigenvalue weighted by Gasteiger charge is -2.20. The number of benzene rings is 1. The van der Waals surface area contributed by atoms with Crippen molar-refractivity contribution < 1.29 is 22.8 Å². The summed E-state index contributed by atoms with van der Waals surface area (Å²) in [5, 5.41) is 4.99. The van der Waals surface area contributed by atoms with Gasteiger partial charge in [0.15, 0.2) is 0 Å². The molecule has 21 heavy (non-hydrogen) atoms. The van der Waals surface area contributed by atoms with E-state index in [1.807, 2.05) is 0 Å². The minimum absolute atomic E-state index is 0.0412. The van der Waals surface area contributed by atoms with E-state index < -0.39 is 17.8 Å². The molecular formula is C13H14F3N3O2. The first-order valence-corrected chi connectivity index (χ1v) is 6.36. The fourth-order valence-electron chi connectivity index (χ4n) is 1.96. The number of carbonyl (C=O) groups excluding carboxylic acids is 2. The van der Waals surface area contributed by atoms with Gasteiger partial charge < -0.3 is 15.5 Å². The molecule has 0 bridgehead atoms. The van der Waals surface area contributed by atoms with Gasteiger partial charge in [-0.1, -0.05) is 6.07 Å². The molecule has 0 atom stereocenters. The molecule has 0 saturated carbocycles. The zero-order valence-corrected chi connectivity index (χ0v) is 11.0. The number of rotatable bonds is 1. The standard InChI is InChI=1S/C13H14F3N3O2/c14-13(15,16)9-3-1-4-10(7-9)18-12(21)19-6-2-5-17-11(20)8-19/h1,3-4,7H,2,5-6,8H2,(H,17,20)(H,18,21). The maximum absolute atomic E-state index is 12.6. The number of carbonyl (C=O) groups is 2. The molecule has 2 N–H and O–H groups in total. The molecule has 0 aromatic heterocycles. The Morgan fingerprint density at radius 2 is 2.10 bits per heavy atom. The van der Waals surface area contributed by atoms with E-state index in [1.54, 1.807) is 0 Å². The van der Waals surface area contributed by atoms with Crippen LogP contribution in [-0.4, -0.2) is 36.5 Å². The molecule has 1 saturated heterocycles. The number of anilines is 1. The van der Waals surface area contributed by atoms with Crippen molar-refractivity contribution >= 4 is 17.6 Å². The van der Waals surface area contributed by atoms with Gasteiger partial charge in [-0.3, -0.25) is 4.79 Å². The average Bonchev–Trinajstić information content (AvgIpc) is 2.63. The largest absolute Gasteiger partial charge is 0.416 e. The smallest absolute Gasteiger partial charge is 0.354 e. The van der Waals surface area contributed by atoms with E-state index in [2.05, 4.69) is 10.6 Å². The molecule has 1 aromatic carbocycles. The molecule has 1 aliphatic heterocycles. The van der Waals surface area contributed by atoms with Crippen LogP contribution in [0.2, 0.25) is 0 Å².